The van der Waals surface area contributed by atoms with Crippen LogP contribution in [0.5, 0.6) is 0 Å². The minimum Gasteiger partial charge on any atom is -0.380 e. The van der Waals surface area contributed by atoms with E-state index in [1.807, 2.05) is 0 Å². The van der Waals surface area contributed by atoms with E-state index >= 15 is 0 Å². The molecule has 1 heterocycles. The van der Waals surface area contributed by atoms with Gasteiger partial charge in [-0.3, -0.25) is 4.21 Å². The SMILES string of the molecule is Cc1[nH]c(C(O)c2ccc(C(F)F)cc2)nc1S(C)=O. The van der Waals surface area contributed by atoms with E-state index in [-0.39, 0.29) is 11.4 Å². The minimum atomic E-state index is -2.54. The second-order valence-electron chi connectivity index (χ2n) is 4.38. The fraction of sp³-hybridized carbons (Fsp3) is 0.308. The van der Waals surface area contributed by atoms with Crippen molar-refractivity contribution in [1.82, 2.24) is 9.97 Å². The highest BCUT2D eigenvalue weighted by molar-refractivity contribution is 7.84. The van der Waals surface area contributed by atoms with Crippen LogP contribution in [0.4, 0.5) is 8.78 Å². The molecule has 108 valence electrons. The molecule has 2 atom stereocenters. The summed E-state index contributed by atoms with van der Waals surface area (Å²) in [6.45, 7) is 1.71. The van der Waals surface area contributed by atoms with Gasteiger partial charge in [-0.1, -0.05) is 24.3 Å². The molecule has 1 aromatic heterocycles. The van der Waals surface area contributed by atoms with Crippen molar-refractivity contribution in [2.24, 2.45) is 0 Å². The van der Waals surface area contributed by atoms with Crippen molar-refractivity contribution >= 4 is 10.8 Å². The smallest absolute Gasteiger partial charge is 0.263 e. The molecule has 0 saturated carbocycles. The molecule has 2 unspecified atom stereocenters. The molecule has 0 aliphatic heterocycles. The van der Waals surface area contributed by atoms with E-state index in [0.29, 0.717) is 16.3 Å². The molecule has 2 aromatic rings. The highest BCUT2D eigenvalue weighted by Crippen LogP contribution is 2.25. The monoisotopic (exact) mass is 300 g/mol. The van der Waals surface area contributed by atoms with Gasteiger partial charge in [0, 0.05) is 17.5 Å². The number of aliphatic hydroxyl groups is 1. The van der Waals surface area contributed by atoms with Gasteiger partial charge in [-0.15, -0.1) is 0 Å². The maximum atomic E-state index is 12.5. The Kier molecular flexibility index (Phi) is 4.29. The number of hydrogen-bond donors (Lipinski definition) is 2. The van der Waals surface area contributed by atoms with Gasteiger partial charge in [0.1, 0.15) is 17.0 Å². The largest absolute Gasteiger partial charge is 0.380 e. The average Bonchev–Trinajstić information content (AvgIpc) is 2.80. The molecule has 2 rings (SSSR count). The summed E-state index contributed by atoms with van der Waals surface area (Å²) in [5.74, 6) is 0.248. The van der Waals surface area contributed by atoms with E-state index in [0.717, 1.165) is 0 Å². The number of aromatic nitrogens is 2. The Morgan fingerprint density at radius 1 is 1.25 bits per heavy atom. The molecule has 1 aromatic carbocycles. The van der Waals surface area contributed by atoms with Crippen molar-refractivity contribution in [3.05, 3.63) is 46.9 Å². The molecule has 0 spiro atoms. The van der Waals surface area contributed by atoms with Gasteiger partial charge in [-0.05, 0) is 12.5 Å². The van der Waals surface area contributed by atoms with Crippen LogP contribution < -0.4 is 0 Å². The van der Waals surface area contributed by atoms with E-state index < -0.39 is 23.3 Å². The normalized spacial score (nSPS) is 14.5. The molecule has 0 aliphatic carbocycles. The van der Waals surface area contributed by atoms with Crippen molar-refractivity contribution < 1.29 is 18.1 Å². The topological polar surface area (TPSA) is 66.0 Å². The third-order valence-corrected chi connectivity index (χ3v) is 3.84. The summed E-state index contributed by atoms with van der Waals surface area (Å²) in [4.78, 5) is 6.95. The molecule has 0 radical (unpaired) electrons. The molecule has 0 fully saturated rings. The number of nitrogens with one attached hydrogen (secondary N) is 1. The molecular weight excluding hydrogens is 286 g/mol. The van der Waals surface area contributed by atoms with Gasteiger partial charge in [0.2, 0.25) is 0 Å². The predicted molar refractivity (Wildman–Crippen MR) is 71.1 cm³/mol. The van der Waals surface area contributed by atoms with Gasteiger partial charge in [-0.25, -0.2) is 13.8 Å². The molecule has 0 amide bonds. The number of H-pyrrole nitrogens is 1. The number of alkyl halides is 2. The number of imidazole rings is 1. The molecular formula is C13H14F2N2O2S. The third-order valence-electron chi connectivity index (χ3n) is 2.89. The van der Waals surface area contributed by atoms with E-state index in [1.54, 1.807) is 6.92 Å². The van der Waals surface area contributed by atoms with Gasteiger partial charge in [0.15, 0.2) is 0 Å². The lowest BCUT2D eigenvalue weighted by molar-refractivity contribution is 0.151. The zero-order valence-corrected chi connectivity index (χ0v) is 11.7. The lowest BCUT2D eigenvalue weighted by Crippen LogP contribution is -2.02. The van der Waals surface area contributed by atoms with E-state index in [4.69, 9.17) is 0 Å². The van der Waals surface area contributed by atoms with Crippen LogP contribution in [0.3, 0.4) is 0 Å². The lowest BCUT2D eigenvalue weighted by Gasteiger charge is -2.09. The van der Waals surface area contributed by atoms with Crippen LogP contribution in [0.25, 0.3) is 0 Å². The average molecular weight is 300 g/mol. The predicted octanol–water partition coefficient (Wildman–Crippen LogP) is 2.47. The first kappa shape index (κ1) is 14.8. The number of aliphatic hydroxyl groups excluding tert-OH is 1. The highest BCUT2D eigenvalue weighted by Gasteiger charge is 2.18. The first-order valence-electron chi connectivity index (χ1n) is 5.86. The molecule has 4 nitrogen and oxygen atoms in total. The number of rotatable bonds is 4. The number of aryl methyl sites for hydroxylation is 1. The molecule has 0 saturated heterocycles. The van der Waals surface area contributed by atoms with Gasteiger partial charge >= 0.3 is 0 Å². The Bertz CT molecular complexity index is 626. The van der Waals surface area contributed by atoms with Crippen LogP contribution in [-0.2, 0) is 10.8 Å². The van der Waals surface area contributed by atoms with Crippen LogP contribution in [0, 0.1) is 6.92 Å². The number of aromatic amines is 1. The maximum absolute atomic E-state index is 12.5. The molecule has 0 aliphatic rings. The fourth-order valence-electron chi connectivity index (χ4n) is 1.86. The van der Waals surface area contributed by atoms with Crippen LogP contribution >= 0.6 is 0 Å². The number of benzene rings is 1. The third kappa shape index (κ3) is 2.94. The molecule has 7 heteroatoms. The van der Waals surface area contributed by atoms with Gasteiger partial charge in [0.25, 0.3) is 6.43 Å². The van der Waals surface area contributed by atoms with Crippen LogP contribution in [0.15, 0.2) is 29.3 Å². The Balaban J connectivity index is 2.28. The maximum Gasteiger partial charge on any atom is 0.263 e. The second-order valence-corrected chi connectivity index (χ2v) is 5.67. The van der Waals surface area contributed by atoms with Gasteiger partial charge in [0.05, 0.1) is 10.8 Å². The summed E-state index contributed by atoms with van der Waals surface area (Å²) in [5.41, 5.74) is 0.951. The van der Waals surface area contributed by atoms with Gasteiger partial charge < -0.3 is 10.1 Å². The van der Waals surface area contributed by atoms with Crippen LogP contribution in [0.1, 0.15) is 35.2 Å². The first-order valence-corrected chi connectivity index (χ1v) is 7.42. The summed E-state index contributed by atoms with van der Waals surface area (Å²) in [7, 11) is -1.26. The van der Waals surface area contributed by atoms with Crippen molar-refractivity contribution in [2.45, 2.75) is 24.5 Å². The molecule has 20 heavy (non-hydrogen) atoms. The van der Waals surface area contributed by atoms with E-state index in [9.17, 15) is 18.1 Å². The number of halogens is 2. The lowest BCUT2D eigenvalue weighted by atomic mass is 10.1. The van der Waals surface area contributed by atoms with Crippen molar-refractivity contribution in [3.8, 4) is 0 Å². The standard InChI is InChI=1S/C13H14F2N2O2S/c1-7-13(20(2)19)17-12(16-7)10(18)8-3-5-9(6-4-8)11(14)15/h3-6,10-11,18H,1-2H3,(H,16,17). The van der Waals surface area contributed by atoms with E-state index in [1.165, 1.54) is 30.5 Å². The van der Waals surface area contributed by atoms with Crippen molar-refractivity contribution in [1.29, 1.82) is 0 Å². The van der Waals surface area contributed by atoms with Gasteiger partial charge in [-0.2, -0.15) is 0 Å². The summed E-state index contributed by atoms with van der Waals surface area (Å²) in [6, 6.07) is 5.37. The first-order chi connectivity index (χ1) is 9.40. The summed E-state index contributed by atoms with van der Waals surface area (Å²) in [5, 5.41) is 10.5. The zero-order valence-electron chi connectivity index (χ0n) is 10.9. The number of nitrogens with zero attached hydrogens (tertiary/aromatic N) is 1. The summed E-state index contributed by atoms with van der Waals surface area (Å²) in [6.07, 6.45) is -2.12. The summed E-state index contributed by atoms with van der Waals surface area (Å²) < 4.78 is 36.3. The summed E-state index contributed by atoms with van der Waals surface area (Å²) >= 11 is 0. The Hall–Kier alpha value is -1.60. The van der Waals surface area contributed by atoms with Crippen LogP contribution in [-0.4, -0.2) is 25.5 Å². The highest BCUT2D eigenvalue weighted by atomic mass is 32.2. The van der Waals surface area contributed by atoms with Crippen molar-refractivity contribution in [3.63, 3.8) is 0 Å². The Labute approximate surface area is 117 Å². The second kappa shape index (κ2) is 5.80. The quantitative estimate of drug-likeness (QED) is 0.911. The molecule has 2 N–H and O–H groups in total. The Morgan fingerprint density at radius 2 is 1.80 bits per heavy atom. The fourth-order valence-corrected chi connectivity index (χ4v) is 2.57. The van der Waals surface area contributed by atoms with Crippen LogP contribution in [0.2, 0.25) is 0 Å². The van der Waals surface area contributed by atoms with E-state index in [2.05, 4.69) is 9.97 Å². The van der Waals surface area contributed by atoms with Crippen molar-refractivity contribution in [2.75, 3.05) is 6.26 Å². The minimum absolute atomic E-state index is 0.105. The Morgan fingerprint density at radius 3 is 2.25 bits per heavy atom. The number of hydrogen-bond acceptors (Lipinski definition) is 3. The molecule has 0 bridgehead atoms. The zero-order chi connectivity index (χ0) is 14.9.